The van der Waals surface area contributed by atoms with E-state index in [1.165, 1.54) is 12.0 Å². The lowest BCUT2D eigenvalue weighted by Gasteiger charge is -2.26. The van der Waals surface area contributed by atoms with E-state index >= 15 is 0 Å². The molecule has 1 fully saturated rings. The molecule has 1 aromatic carbocycles. The van der Waals surface area contributed by atoms with Crippen LogP contribution in [0.3, 0.4) is 0 Å². The maximum atomic E-state index is 9.52. The largest absolute Gasteiger partial charge is 0.508 e. The van der Waals surface area contributed by atoms with Crippen molar-refractivity contribution in [1.82, 2.24) is 9.80 Å². The Labute approximate surface area is 104 Å². The van der Waals surface area contributed by atoms with E-state index in [4.69, 9.17) is 0 Å². The van der Waals surface area contributed by atoms with E-state index in [1.807, 2.05) is 12.1 Å². The van der Waals surface area contributed by atoms with Crippen molar-refractivity contribution in [1.29, 1.82) is 0 Å². The fraction of sp³-hybridized carbons (Fsp3) is 0.571. The number of benzene rings is 1. The van der Waals surface area contributed by atoms with Crippen LogP contribution < -0.4 is 0 Å². The summed E-state index contributed by atoms with van der Waals surface area (Å²) in [6, 6.07) is 8.65. The van der Waals surface area contributed by atoms with Gasteiger partial charge < -0.3 is 10.0 Å². The quantitative estimate of drug-likeness (QED) is 0.867. The lowest BCUT2D eigenvalue weighted by molar-refractivity contribution is 0.228. The normalized spacial score (nSPS) is 23.2. The third kappa shape index (κ3) is 2.79. The minimum Gasteiger partial charge on any atom is -0.508 e. The van der Waals surface area contributed by atoms with Gasteiger partial charge in [0.2, 0.25) is 0 Å². The Morgan fingerprint density at radius 2 is 2.18 bits per heavy atom. The summed E-state index contributed by atoms with van der Waals surface area (Å²) in [6.07, 6.45) is 1.23. The van der Waals surface area contributed by atoms with E-state index in [-0.39, 0.29) is 0 Å². The molecule has 3 heteroatoms. The van der Waals surface area contributed by atoms with Gasteiger partial charge in [0.25, 0.3) is 0 Å². The Hall–Kier alpha value is -1.06. The van der Waals surface area contributed by atoms with Crippen molar-refractivity contribution < 1.29 is 5.11 Å². The highest BCUT2D eigenvalue weighted by Crippen LogP contribution is 2.27. The summed E-state index contributed by atoms with van der Waals surface area (Å²) < 4.78 is 0. The first-order chi connectivity index (χ1) is 8.08. The molecule has 0 amide bonds. The van der Waals surface area contributed by atoms with E-state index in [0.29, 0.717) is 17.8 Å². The smallest absolute Gasteiger partial charge is 0.115 e. The fourth-order valence-electron chi connectivity index (χ4n) is 2.54. The zero-order valence-electron chi connectivity index (χ0n) is 10.9. The SMILES string of the molecule is CC(c1cccc(O)c1)N1CCC(N(C)C)C1. The summed E-state index contributed by atoms with van der Waals surface area (Å²) >= 11 is 0. The van der Waals surface area contributed by atoms with Gasteiger partial charge in [-0.2, -0.15) is 0 Å². The van der Waals surface area contributed by atoms with Crippen LogP contribution in [-0.4, -0.2) is 48.1 Å². The van der Waals surface area contributed by atoms with Crippen molar-refractivity contribution in [3.63, 3.8) is 0 Å². The molecular weight excluding hydrogens is 212 g/mol. The number of hydrogen-bond acceptors (Lipinski definition) is 3. The predicted octanol–water partition coefficient (Wildman–Crippen LogP) is 2.09. The number of rotatable bonds is 3. The Morgan fingerprint density at radius 1 is 1.41 bits per heavy atom. The van der Waals surface area contributed by atoms with E-state index in [2.05, 4.69) is 36.9 Å². The zero-order chi connectivity index (χ0) is 12.4. The van der Waals surface area contributed by atoms with Crippen LogP contribution in [0.5, 0.6) is 5.75 Å². The Kier molecular flexibility index (Phi) is 3.69. The van der Waals surface area contributed by atoms with Crippen LogP contribution in [0, 0.1) is 0 Å². The Balaban J connectivity index is 2.04. The van der Waals surface area contributed by atoms with Gasteiger partial charge in [0.15, 0.2) is 0 Å². The summed E-state index contributed by atoms with van der Waals surface area (Å²) in [5.41, 5.74) is 1.20. The lowest BCUT2D eigenvalue weighted by atomic mass is 10.1. The van der Waals surface area contributed by atoms with E-state index in [1.54, 1.807) is 6.07 Å². The molecular formula is C14H22N2O. The highest BCUT2D eigenvalue weighted by atomic mass is 16.3. The van der Waals surface area contributed by atoms with E-state index in [0.717, 1.165) is 13.1 Å². The second-order valence-corrected chi connectivity index (χ2v) is 5.17. The highest BCUT2D eigenvalue weighted by molar-refractivity contribution is 5.29. The molecule has 0 aromatic heterocycles. The maximum absolute atomic E-state index is 9.52. The molecule has 0 radical (unpaired) electrons. The molecule has 0 saturated carbocycles. The number of phenols is 1. The van der Waals surface area contributed by atoms with Gasteiger partial charge >= 0.3 is 0 Å². The number of aromatic hydroxyl groups is 1. The van der Waals surface area contributed by atoms with Crippen LogP contribution >= 0.6 is 0 Å². The van der Waals surface area contributed by atoms with Gasteiger partial charge in [-0.05, 0) is 45.1 Å². The summed E-state index contributed by atoms with van der Waals surface area (Å²) in [7, 11) is 4.29. The molecule has 1 aromatic rings. The average molecular weight is 234 g/mol. The van der Waals surface area contributed by atoms with Crippen LogP contribution in [0.2, 0.25) is 0 Å². The number of likely N-dealkylation sites (tertiary alicyclic amines) is 1. The first-order valence-electron chi connectivity index (χ1n) is 6.27. The molecule has 2 unspecified atom stereocenters. The van der Waals surface area contributed by atoms with Gasteiger partial charge in [0.1, 0.15) is 5.75 Å². The number of nitrogens with zero attached hydrogens (tertiary/aromatic N) is 2. The zero-order valence-corrected chi connectivity index (χ0v) is 10.9. The van der Waals surface area contributed by atoms with Crippen molar-refractivity contribution in [3.05, 3.63) is 29.8 Å². The molecule has 1 aliphatic heterocycles. The van der Waals surface area contributed by atoms with Crippen molar-refractivity contribution >= 4 is 0 Å². The molecule has 0 bridgehead atoms. The molecule has 3 nitrogen and oxygen atoms in total. The van der Waals surface area contributed by atoms with Crippen molar-refractivity contribution in [2.75, 3.05) is 27.2 Å². The van der Waals surface area contributed by atoms with Crippen LogP contribution in [0.1, 0.15) is 24.9 Å². The summed E-state index contributed by atoms with van der Waals surface area (Å²) in [5.74, 6) is 0.359. The van der Waals surface area contributed by atoms with E-state index < -0.39 is 0 Å². The molecule has 1 heterocycles. The number of hydrogen-bond donors (Lipinski definition) is 1. The van der Waals surface area contributed by atoms with Gasteiger partial charge in [-0.15, -0.1) is 0 Å². The molecule has 2 atom stereocenters. The molecule has 1 aliphatic rings. The number of likely N-dealkylation sites (N-methyl/N-ethyl adjacent to an activating group) is 1. The summed E-state index contributed by atoms with van der Waals surface area (Å²) in [5, 5.41) is 9.52. The first-order valence-corrected chi connectivity index (χ1v) is 6.27. The molecule has 1 saturated heterocycles. The van der Waals surface area contributed by atoms with Crippen LogP contribution in [0.25, 0.3) is 0 Å². The number of phenolic OH excluding ortho intramolecular Hbond substituents is 1. The van der Waals surface area contributed by atoms with Crippen LogP contribution in [0.4, 0.5) is 0 Å². The van der Waals surface area contributed by atoms with Gasteiger partial charge in [0.05, 0.1) is 0 Å². The first kappa shape index (κ1) is 12.4. The minimum atomic E-state index is 0.359. The monoisotopic (exact) mass is 234 g/mol. The third-order valence-corrected chi connectivity index (χ3v) is 3.83. The van der Waals surface area contributed by atoms with Gasteiger partial charge in [-0.25, -0.2) is 0 Å². The van der Waals surface area contributed by atoms with Crippen molar-refractivity contribution in [2.24, 2.45) is 0 Å². The molecule has 0 spiro atoms. The standard InChI is InChI=1S/C14H22N2O/c1-11(12-5-4-6-14(17)9-12)16-8-7-13(10-16)15(2)3/h4-6,9,11,13,17H,7-8,10H2,1-3H3. The van der Waals surface area contributed by atoms with Crippen molar-refractivity contribution in [3.8, 4) is 5.75 Å². The molecule has 2 rings (SSSR count). The lowest BCUT2D eigenvalue weighted by Crippen LogP contribution is -2.32. The van der Waals surface area contributed by atoms with Crippen LogP contribution in [-0.2, 0) is 0 Å². The van der Waals surface area contributed by atoms with Gasteiger partial charge in [-0.1, -0.05) is 12.1 Å². The minimum absolute atomic E-state index is 0.359. The van der Waals surface area contributed by atoms with Gasteiger partial charge in [0, 0.05) is 25.2 Å². The molecule has 0 aliphatic carbocycles. The van der Waals surface area contributed by atoms with E-state index in [9.17, 15) is 5.11 Å². The van der Waals surface area contributed by atoms with Gasteiger partial charge in [-0.3, -0.25) is 4.90 Å². The second-order valence-electron chi connectivity index (χ2n) is 5.17. The molecule has 94 valence electrons. The third-order valence-electron chi connectivity index (χ3n) is 3.83. The summed E-state index contributed by atoms with van der Waals surface area (Å²) in [4.78, 5) is 4.79. The average Bonchev–Trinajstić information content (AvgIpc) is 2.77. The Morgan fingerprint density at radius 3 is 2.76 bits per heavy atom. The topological polar surface area (TPSA) is 26.7 Å². The van der Waals surface area contributed by atoms with Crippen molar-refractivity contribution in [2.45, 2.75) is 25.4 Å². The summed E-state index contributed by atoms with van der Waals surface area (Å²) in [6.45, 7) is 4.47. The maximum Gasteiger partial charge on any atom is 0.115 e. The highest BCUT2D eigenvalue weighted by Gasteiger charge is 2.27. The fourth-order valence-corrected chi connectivity index (χ4v) is 2.54. The molecule has 17 heavy (non-hydrogen) atoms. The predicted molar refractivity (Wildman–Crippen MR) is 70.2 cm³/mol. The molecule has 1 N–H and O–H groups in total. The Bertz CT molecular complexity index is 378. The second kappa shape index (κ2) is 5.07. The van der Waals surface area contributed by atoms with Crippen LogP contribution in [0.15, 0.2) is 24.3 Å².